The molecule has 0 bridgehead atoms. The normalized spacial score (nSPS) is 20.6. The van der Waals surface area contributed by atoms with Gasteiger partial charge in [-0.15, -0.1) is 0 Å². The fourth-order valence-electron chi connectivity index (χ4n) is 3.32. The lowest BCUT2D eigenvalue weighted by Gasteiger charge is -2.38. The zero-order valence-corrected chi connectivity index (χ0v) is 16.9. The highest BCUT2D eigenvalue weighted by atomic mass is 16.2. The average Bonchev–Trinajstić information content (AvgIpc) is 2.62. The van der Waals surface area contributed by atoms with Crippen molar-refractivity contribution in [2.75, 3.05) is 13.6 Å². The Morgan fingerprint density at radius 1 is 1.04 bits per heavy atom. The maximum absolute atomic E-state index is 12.7. The van der Waals surface area contributed by atoms with Crippen LogP contribution in [0.5, 0.6) is 0 Å². The van der Waals surface area contributed by atoms with Crippen LogP contribution >= 0.6 is 0 Å². The molecule has 0 spiro atoms. The number of amides is 2. The van der Waals surface area contributed by atoms with E-state index in [4.69, 9.17) is 0 Å². The summed E-state index contributed by atoms with van der Waals surface area (Å²) in [5.41, 5.74) is -0.352. The summed E-state index contributed by atoms with van der Waals surface area (Å²) in [4.78, 5) is 50.4. The van der Waals surface area contributed by atoms with Crippen LogP contribution in [0.25, 0.3) is 0 Å². The Labute approximate surface area is 157 Å². The van der Waals surface area contributed by atoms with Gasteiger partial charge in [0.25, 0.3) is 0 Å². The van der Waals surface area contributed by atoms with Crippen molar-refractivity contribution in [3.63, 3.8) is 0 Å². The quantitative estimate of drug-likeness (QED) is 0.669. The molecule has 1 rings (SSSR count). The topological polar surface area (TPSA) is 83.6 Å². The van der Waals surface area contributed by atoms with Crippen molar-refractivity contribution in [1.29, 1.82) is 0 Å². The molecule has 6 nitrogen and oxygen atoms in total. The van der Waals surface area contributed by atoms with E-state index in [2.05, 4.69) is 5.32 Å². The maximum atomic E-state index is 12.7. The van der Waals surface area contributed by atoms with E-state index in [0.29, 0.717) is 51.5 Å². The van der Waals surface area contributed by atoms with Gasteiger partial charge < -0.3 is 10.2 Å². The third-order valence-electron chi connectivity index (χ3n) is 5.14. The highest BCUT2D eigenvalue weighted by Gasteiger charge is 2.37. The van der Waals surface area contributed by atoms with E-state index >= 15 is 0 Å². The summed E-state index contributed by atoms with van der Waals surface area (Å²) < 4.78 is 0. The van der Waals surface area contributed by atoms with Crippen molar-refractivity contribution in [3.05, 3.63) is 0 Å². The molecule has 0 saturated carbocycles. The minimum absolute atomic E-state index is 0.101. The number of likely N-dealkylation sites (N-methyl/N-ethyl adjacent to an activating group) is 1. The van der Waals surface area contributed by atoms with E-state index in [1.165, 1.54) is 0 Å². The van der Waals surface area contributed by atoms with Gasteiger partial charge in [0.1, 0.15) is 17.6 Å². The Morgan fingerprint density at radius 2 is 1.65 bits per heavy atom. The lowest BCUT2D eigenvalue weighted by molar-refractivity contribution is -0.145. The molecule has 148 valence electrons. The lowest BCUT2D eigenvalue weighted by Crippen LogP contribution is -2.54. The highest BCUT2D eigenvalue weighted by molar-refractivity contribution is 5.89. The van der Waals surface area contributed by atoms with Crippen molar-refractivity contribution in [1.82, 2.24) is 10.2 Å². The molecule has 1 aliphatic rings. The lowest BCUT2D eigenvalue weighted by atomic mass is 9.87. The van der Waals surface area contributed by atoms with Crippen LogP contribution in [0.1, 0.15) is 72.6 Å². The summed E-state index contributed by atoms with van der Waals surface area (Å²) in [5.74, 6) is -0.111. The molecule has 1 aliphatic heterocycles. The largest absolute Gasteiger partial charge is 0.357 e. The molecule has 0 radical (unpaired) electrons. The van der Waals surface area contributed by atoms with E-state index in [0.717, 1.165) is 0 Å². The number of rotatable bonds is 8. The van der Waals surface area contributed by atoms with Gasteiger partial charge in [0, 0.05) is 44.2 Å². The third-order valence-corrected chi connectivity index (χ3v) is 5.14. The summed E-state index contributed by atoms with van der Waals surface area (Å²) in [5, 5.41) is 2.61. The van der Waals surface area contributed by atoms with Gasteiger partial charge in [0.15, 0.2) is 0 Å². The first kappa shape index (κ1) is 22.3. The SMILES string of the molecule is CCC(=O)[C@@H]1CC[C@H](C(=O)NC)N(C(=O)CCCCC(=O)C(C)(C)C)C1. The van der Waals surface area contributed by atoms with Gasteiger partial charge in [-0.05, 0) is 25.7 Å². The van der Waals surface area contributed by atoms with E-state index in [-0.39, 0.29) is 34.7 Å². The standard InChI is InChI=1S/C20H34N2O4/c1-6-16(23)14-11-12-15(19(26)21-5)22(13-14)18(25)10-8-7-9-17(24)20(2,3)4/h14-15H,6-13H2,1-5H3,(H,21,26)/t14-,15-/m1/s1. The van der Waals surface area contributed by atoms with Gasteiger partial charge in [-0.1, -0.05) is 27.7 Å². The van der Waals surface area contributed by atoms with Crippen LogP contribution in [0.4, 0.5) is 0 Å². The van der Waals surface area contributed by atoms with Gasteiger partial charge in [0.2, 0.25) is 11.8 Å². The third kappa shape index (κ3) is 6.22. The number of Topliss-reactive ketones (excluding diaryl/α,β-unsaturated/α-hetero) is 2. The van der Waals surface area contributed by atoms with Gasteiger partial charge in [0.05, 0.1) is 0 Å². The maximum Gasteiger partial charge on any atom is 0.242 e. The number of piperidine rings is 1. The van der Waals surface area contributed by atoms with Crippen LogP contribution in [-0.4, -0.2) is 47.9 Å². The zero-order valence-electron chi connectivity index (χ0n) is 16.9. The van der Waals surface area contributed by atoms with E-state index in [1.807, 2.05) is 27.7 Å². The van der Waals surface area contributed by atoms with Crippen molar-refractivity contribution in [2.24, 2.45) is 11.3 Å². The van der Waals surface area contributed by atoms with Crippen LogP contribution in [0, 0.1) is 11.3 Å². The molecule has 0 aromatic heterocycles. The predicted molar refractivity (Wildman–Crippen MR) is 101 cm³/mol. The molecule has 0 unspecified atom stereocenters. The molecule has 0 aromatic carbocycles. The van der Waals surface area contributed by atoms with Crippen molar-refractivity contribution < 1.29 is 19.2 Å². The Kier molecular flexibility index (Phi) is 8.44. The number of ketones is 2. The molecule has 1 heterocycles. The second-order valence-electron chi connectivity index (χ2n) is 8.15. The molecule has 2 amide bonds. The van der Waals surface area contributed by atoms with Gasteiger partial charge >= 0.3 is 0 Å². The monoisotopic (exact) mass is 366 g/mol. The molecule has 1 N–H and O–H groups in total. The summed E-state index contributed by atoms with van der Waals surface area (Å²) in [6.45, 7) is 7.84. The van der Waals surface area contributed by atoms with Crippen LogP contribution in [0.2, 0.25) is 0 Å². The Hall–Kier alpha value is -1.72. The molecule has 1 fully saturated rings. The number of carbonyl (C=O) groups excluding carboxylic acids is 4. The molecule has 26 heavy (non-hydrogen) atoms. The highest BCUT2D eigenvalue weighted by Crippen LogP contribution is 2.25. The minimum atomic E-state index is -0.496. The number of nitrogens with one attached hydrogen (secondary N) is 1. The summed E-state index contributed by atoms with van der Waals surface area (Å²) >= 11 is 0. The van der Waals surface area contributed by atoms with Crippen molar-refractivity contribution >= 4 is 23.4 Å². The number of hydrogen-bond acceptors (Lipinski definition) is 4. The predicted octanol–water partition coefficient (Wildman–Crippen LogP) is 2.49. The van der Waals surface area contributed by atoms with E-state index in [9.17, 15) is 19.2 Å². The number of hydrogen-bond donors (Lipinski definition) is 1. The van der Waals surface area contributed by atoms with Crippen LogP contribution in [0.3, 0.4) is 0 Å². The Morgan fingerprint density at radius 3 is 2.19 bits per heavy atom. The first-order valence-electron chi connectivity index (χ1n) is 9.68. The second-order valence-corrected chi connectivity index (χ2v) is 8.15. The molecule has 0 aromatic rings. The van der Waals surface area contributed by atoms with Crippen molar-refractivity contribution in [3.8, 4) is 0 Å². The van der Waals surface area contributed by atoms with Gasteiger partial charge in [-0.2, -0.15) is 0 Å². The first-order valence-corrected chi connectivity index (χ1v) is 9.68. The average molecular weight is 367 g/mol. The molecule has 6 heteroatoms. The first-order chi connectivity index (χ1) is 12.1. The van der Waals surface area contributed by atoms with Crippen LogP contribution in [0.15, 0.2) is 0 Å². The number of carbonyl (C=O) groups is 4. The molecular weight excluding hydrogens is 332 g/mol. The zero-order chi connectivity index (χ0) is 19.9. The van der Waals surface area contributed by atoms with E-state index in [1.54, 1.807) is 11.9 Å². The fourth-order valence-corrected chi connectivity index (χ4v) is 3.32. The van der Waals surface area contributed by atoms with Crippen LogP contribution in [-0.2, 0) is 19.2 Å². The fraction of sp³-hybridized carbons (Fsp3) is 0.800. The molecule has 1 saturated heterocycles. The molecule has 2 atom stereocenters. The Balaban J connectivity index is 2.63. The summed E-state index contributed by atoms with van der Waals surface area (Å²) in [6, 6.07) is -0.496. The minimum Gasteiger partial charge on any atom is -0.357 e. The molecular formula is C20H34N2O4. The number of nitrogens with zero attached hydrogens (tertiary/aromatic N) is 1. The van der Waals surface area contributed by atoms with Gasteiger partial charge in [-0.25, -0.2) is 0 Å². The summed E-state index contributed by atoms with van der Waals surface area (Å²) in [7, 11) is 1.56. The van der Waals surface area contributed by atoms with Crippen molar-refractivity contribution in [2.45, 2.75) is 78.7 Å². The summed E-state index contributed by atoms with van der Waals surface area (Å²) in [6.07, 6.45) is 3.66. The molecule has 0 aliphatic carbocycles. The number of unbranched alkanes of at least 4 members (excludes halogenated alkanes) is 1. The van der Waals surface area contributed by atoms with Gasteiger partial charge in [-0.3, -0.25) is 19.2 Å². The number of likely N-dealkylation sites (tertiary alicyclic amines) is 1. The Bertz CT molecular complexity index is 536. The van der Waals surface area contributed by atoms with Crippen LogP contribution < -0.4 is 5.32 Å². The van der Waals surface area contributed by atoms with E-state index < -0.39 is 6.04 Å². The second kappa shape index (κ2) is 9.83. The smallest absolute Gasteiger partial charge is 0.242 e.